The minimum absolute atomic E-state index is 0.281. The van der Waals surface area contributed by atoms with E-state index in [-0.39, 0.29) is 5.54 Å². The lowest BCUT2D eigenvalue weighted by atomic mass is 9.67. The van der Waals surface area contributed by atoms with Crippen LogP contribution in [0.25, 0.3) is 0 Å². The van der Waals surface area contributed by atoms with Crippen LogP contribution in [0.5, 0.6) is 0 Å². The average Bonchev–Trinajstić information content (AvgIpc) is 2.79. The number of fused-ring (bicyclic) bond motifs is 2. The predicted octanol–water partition coefficient (Wildman–Crippen LogP) is 3.08. The molecule has 2 bridgehead atoms. The Kier molecular flexibility index (Phi) is 2.12. The fraction of sp³-hybridized carbons (Fsp3) is 1.00. The van der Waals surface area contributed by atoms with Crippen molar-refractivity contribution >= 4 is 0 Å². The van der Waals surface area contributed by atoms with Gasteiger partial charge in [-0.3, -0.25) is 0 Å². The van der Waals surface area contributed by atoms with Crippen LogP contribution in [0.2, 0.25) is 0 Å². The molecule has 0 saturated heterocycles. The molecule has 3 atom stereocenters. The second kappa shape index (κ2) is 3.23. The summed E-state index contributed by atoms with van der Waals surface area (Å²) in [5, 5.41) is 0. The van der Waals surface area contributed by atoms with Crippen molar-refractivity contribution in [3.63, 3.8) is 0 Å². The topological polar surface area (TPSA) is 26.0 Å². The van der Waals surface area contributed by atoms with E-state index in [1.54, 1.807) is 0 Å². The molecule has 3 rings (SSSR count). The van der Waals surface area contributed by atoms with Gasteiger partial charge in [-0.2, -0.15) is 0 Å². The Morgan fingerprint density at radius 1 is 0.857 bits per heavy atom. The zero-order chi connectivity index (χ0) is 9.60. The fourth-order valence-corrected chi connectivity index (χ4v) is 4.56. The molecule has 1 heteroatoms. The molecule has 0 aromatic carbocycles. The normalized spacial score (nSPS) is 48.6. The summed E-state index contributed by atoms with van der Waals surface area (Å²) >= 11 is 0. The van der Waals surface area contributed by atoms with Crippen molar-refractivity contribution in [3.05, 3.63) is 0 Å². The lowest BCUT2D eigenvalue weighted by Crippen LogP contribution is -2.52. The summed E-state index contributed by atoms with van der Waals surface area (Å²) in [6.07, 6.45) is 13.0. The molecule has 80 valence electrons. The molecule has 3 aliphatic rings. The summed E-state index contributed by atoms with van der Waals surface area (Å²) in [7, 11) is 0. The molecule has 1 nitrogen and oxygen atoms in total. The lowest BCUT2D eigenvalue weighted by Gasteiger charge is -2.43. The number of nitrogens with two attached hydrogens (primary N) is 1. The number of rotatable bonds is 1. The summed E-state index contributed by atoms with van der Waals surface area (Å²) in [4.78, 5) is 0. The summed E-state index contributed by atoms with van der Waals surface area (Å²) in [5.41, 5.74) is 7.00. The molecule has 3 aliphatic carbocycles. The maximum atomic E-state index is 6.72. The Labute approximate surface area is 87.4 Å². The Hall–Kier alpha value is -0.0400. The highest BCUT2D eigenvalue weighted by molar-refractivity contribution is 5.07. The predicted molar refractivity (Wildman–Crippen MR) is 58.9 cm³/mol. The van der Waals surface area contributed by atoms with Crippen molar-refractivity contribution in [1.82, 2.24) is 0 Å². The third-order valence-corrected chi connectivity index (χ3v) is 5.31. The van der Waals surface area contributed by atoms with Gasteiger partial charge in [-0.25, -0.2) is 0 Å². The largest absolute Gasteiger partial charge is 0.325 e. The van der Waals surface area contributed by atoms with Crippen molar-refractivity contribution in [2.24, 2.45) is 23.5 Å². The Morgan fingerprint density at radius 3 is 2.21 bits per heavy atom. The van der Waals surface area contributed by atoms with E-state index in [1.807, 2.05) is 0 Å². The first-order valence-electron chi connectivity index (χ1n) is 6.58. The zero-order valence-electron chi connectivity index (χ0n) is 9.17. The average molecular weight is 193 g/mol. The first kappa shape index (κ1) is 9.21. The molecule has 0 aromatic heterocycles. The molecular formula is C13H23N. The zero-order valence-corrected chi connectivity index (χ0v) is 9.17. The second-order valence-corrected chi connectivity index (χ2v) is 6.03. The number of hydrogen-bond donors (Lipinski definition) is 1. The van der Waals surface area contributed by atoms with Crippen LogP contribution in [0.15, 0.2) is 0 Å². The van der Waals surface area contributed by atoms with E-state index < -0.39 is 0 Å². The molecule has 0 amide bonds. The van der Waals surface area contributed by atoms with Gasteiger partial charge in [0.15, 0.2) is 0 Å². The maximum Gasteiger partial charge on any atom is 0.0214 e. The van der Waals surface area contributed by atoms with Gasteiger partial charge in [0.25, 0.3) is 0 Å². The van der Waals surface area contributed by atoms with Crippen LogP contribution < -0.4 is 5.73 Å². The van der Waals surface area contributed by atoms with Gasteiger partial charge in [0, 0.05) is 5.54 Å². The molecule has 0 radical (unpaired) electrons. The summed E-state index contributed by atoms with van der Waals surface area (Å²) in [6.45, 7) is 0. The van der Waals surface area contributed by atoms with Crippen molar-refractivity contribution in [2.75, 3.05) is 0 Å². The molecule has 2 N–H and O–H groups in total. The van der Waals surface area contributed by atoms with Crippen molar-refractivity contribution in [2.45, 2.75) is 63.3 Å². The van der Waals surface area contributed by atoms with Crippen LogP contribution in [0.3, 0.4) is 0 Å². The van der Waals surface area contributed by atoms with E-state index in [0.29, 0.717) is 0 Å². The van der Waals surface area contributed by atoms with Crippen molar-refractivity contribution < 1.29 is 0 Å². The minimum atomic E-state index is 0.281. The van der Waals surface area contributed by atoms with E-state index in [1.165, 1.54) is 57.8 Å². The monoisotopic (exact) mass is 193 g/mol. The van der Waals surface area contributed by atoms with Gasteiger partial charge in [0.2, 0.25) is 0 Å². The van der Waals surface area contributed by atoms with E-state index in [4.69, 9.17) is 5.73 Å². The van der Waals surface area contributed by atoms with Gasteiger partial charge < -0.3 is 5.73 Å². The van der Waals surface area contributed by atoms with Crippen LogP contribution in [0.1, 0.15) is 57.8 Å². The van der Waals surface area contributed by atoms with Gasteiger partial charge in [-0.1, -0.05) is 25.7 Å². The number of hydrogen-bond acceptors (Lipinski definition) is 1. The Morgan fingerprint density at radius 2 is 1.64 bits per heavy atom. The summed E-state index contributed by atoms with van der Waals surface area (Å²) < 4.78 is 0. The van der Waals surface area contributed by atoms with E-state index in [9.17, 15) is 0 Å². The second-order valence-electron chi connectivity index (χ2n) is 6.03. The first-order chi connectivity index (χ1) is 6.79. The first-order valence-corrected chi connectivity index (χ1v) is 6.58. The van der Waals surface area contributed by atoms with Crippen LogP contribution >= 0.6 is 0 Å². The lowest BCUT2D eigenvalue weighted by molar-refractivity contribution is 0.137. The Balaban J connectivity index is 1.75. The quantitative estimate of drug-likeness (QED) is 0.680. The van der Waals surface area contributed by atoms with Gasteiger partial charge in [-0.15, -0.1) is 0 Å². The molecule has 0 heterocycles. The van der Waals surface area contributed by atoms with Gasteiger partial charge >= 0.3 is 0 Å². The van der Waals surface area contributed by atoms with Gasteiger partial charge in [0.05, 0.1) is 0 Å². The smallest absolute Gasteiger partial charge is 0.0214 e. The van der Waals surface area contributed by atoms with Crippen LogP contribution in [0.4, 0.5) is 0 Å². The van der Waals surface area contributed by atoms with E-state index in [0.717, 1.165) is 17.8 Å². The van der Waals surface area contributed by atoms with E-state index in [2.05, 4.69) is 0 Å². The molecule has 3 saturated carbocycles. The van der Waals surface area contributed by atoms with Crippen molar-refractivity contribution in [3.8, 4) is 0 Å². The molecule has 0 aromatic rings. The maximum absolute atomic E-state index is 6.72. The SMILES string of the molecule is NC1(C2CCCCC2)CC2CCC1C2. The molecule has 14 heavy (non-hydrogen) atoms. The van der Waals surface area contributed by atoms with Crippen LogP contribution in [-0.2, 0) is 0 Å². The van der Waals surface area contributed by atoms with Crippen LogP contribution in [0, 0.1) is 17.8 Å². The molecule has 0 spiro atoms. The highest BCUT2D eigenvalue weighted by Crippen LogP contribution is 2.54. The van der Waals surface area contributed by atoms with Gasteiger partial charge in [0.1, 0.15) is 0 Å². The molecular weight excluding hydrogens is 170 g/mol. The molecule has 3 unspecified atom stereocenters. The van der Waals surface area contributed by atoms with Crippen LogP contribution in [-0.4, -0.2) is 5.54 Å². The fourth-order valence-electron chi connectivity index (χ4n) is 4.56. The van der Waals surface area contributed by atoms with Gasteiger partial charge in [-0.05, 0) is 49.9 Å². The summed E-state index contributed by atoms with van der Waals surface area (Å²) in [5.74, 6) is 2.79. The van der Waals surface area contributed by atoms with E-state index >= 15 is 0 Å². The highest BCUT2D eigenvalue weighted by atomic mass is 14.8. The third-order valence-electron chi connectivity index (χ3n) is 5.31. The standard InChI is InChI=1S/C13H23N/c14-13(11-4-2-1-3-5-11)9-10-6-7-12(13)8-10/h10-12H,1-9,14H2. The minimum Gasteiger partial charge on any atom is -0.325 e. The molecule has 3 fully saturated rings. The third kappa shape index (κ3) is 1.25. The van der Waals surface area contributed by atoms with Crippen molar-refractivity contribution in [1.29, 1.82) is 0 Å². The Bertz CT molecular complexity index is 219. The molecule has 0 aliphatic heterocycles. The summed E-state index contributed by atoms with van der Waals surface area (Å²) in [6, 6.07) is 0. The highest BCUT2D eigenvalue weighted by Gasteiger charge is 2.52.